The lowest BCUT2D eigenvalue weighted by atomic mass is 9.67. The number of aliphatic hydroxyl groups excluding tert-OH is 1. The number of rotatable bonds is 5. The second-order valence-electron chi connectivity index (χ2n) is 10.1. The number of nitrogens with zero attached hydrogens (tertiary/aromatic N) is 3. The molecule has 3 aromatic rings. The van der Waals surface area contributed by atoms with Gasteiger partial charge in [-0.1, -0.05) is 12.1 Å². The number of hydrogen-bond donors (Lipinski definition) is 3. The van der Waals surface area contributed by atoms with E-state index in [1.807, 2.05) is 0 Å². The number of benzene rings is 1. The molecule has 39 heavy (non-hydrogen) atoms. The smallest absolute Gasteiger partial charge is 0.416 e. The molecule has 1 saturated heterocycles. The molecule has 5 rings (SSSR count). The predicted octanol–water partition coefficient (Wildman–Crippen LogP) is 3.62. The van der Waals surface area contributed by atoms with Crippen molar-refractivity contribution < 1.29 is 38.1 Å². The Morgan fingerprint density at radius 1 is 1.05 bits per heavy atom. The standard InChI is InChI=1S/C27H28F2N4O6/c1-39-18-4-2-16(3-5-18)26(9-11-27(28,29)12-10-26)24(36)33-15-17(34)14-21(33)23(35)31-22-7-6-20-19(30-22)8-13-32(20)25(37)38/h2-8,13,17,21,34H,9-12,14-15H2,1H3,(H,37,38)(H,30,31,35)/t17-,21+/m0/s1. The van der Waals surface area contributed by atoms with Crippen LogP contribution in [-0.4, -0.2) is 74.3 Å². The number of carbonyl (C=O) groups is 3. The molecule has 3 heterocycles. The van der Waals surface area contributed by atoms with Gasteiger partial charge in [0.05, 0.1) is 29.7 Å². The number of hydrogen-bond acceptors (Lipinski definition) is 6. The first-order valence-corrected chi connectivity index (χ1v) is 12.6. The van der Waals surface area contributed by atoms with Gasteiger partial charge in [0.25, 0.3) is 0 Å². The van der Waals surface area contributed by atoms with Crippen LogP contribution < -0.4 is 10.1 Å². The molecule has 0 spiro atoms. The van der Waals surface area contributed by atoms with Crippen molar-refractivity contribution in [3.63, 3.8) is 0 Å². The number of halogens is 2. The van der Waals surface area contributed by atoms with Crippen LogP contribution in [0.3, 0.4) is 0 Å². The van der Waals surface area contributed by atoms with Gasteiger partial charge >= 0.3 is 6.09 Å². The molecule has 3 N–H and O–H groups in total. The minimum atomic E-state index is -2.89. The van der Waals surface area contributed by atoms with E-state index in [9.17, 15) is 33.4 Å². The molecule has 0 bridgehead atoms. The third-order valence-electron chi connectivity index (χ3n) is 7.73. The van der Waals surface area contributed by atoms with E-state index in [1.165, 1.54) is 36.4 Å². The zero-order valence-corrected chi connectivity index (χ0v) is 21.1. The number of likely N-dealkylation sites (tertiary alicyclic amines) is 1. The third kappa shape index (κ3) is 4.91. The summed E-state index contributed by atoms with van der Waals surface area (Å²) in [6.45, 7) is -0.112. The Hall–Kier alpha value is -4.06. The summed E-state index contributed by atoms with van der Waals surface area (Å²) in [6, 6.07) is 10.1. The van der Waals surface area contributed by atoms with E-state index in [2.05, 4.69) is 10.3 Å². The maximum atomic E-state index is 14.2. The quantitative estimate of drug-likeness (QED) is 0.448. The number of anilines is 1. The van der Waals surface area contributed by atoms with Gasteiger partial charge in [-0.25, -0.2) is 18.6 Å². The summed E-state index contributed by atoms with van der Waals surface area (Å²) in [6.07, 6.45) is -1.99. The fraction of sp³-hybridized carbons (Fsp3) is 0.407. The number of carboxylic acid groups (broad SMARTS) is 1. The molecule has 0 radical (unpaired) electrons. The van der Waals surface area contributed by atoms with Crippen molar-refractivity contribution in [2.24, 2.45) is 0 Å². The van der Waals surface area contributed by atoms with Gasteiger partial charge in [0.2, 0.25) is 17.7 Å². The van der Waals surface area contributed by atoms with Crippen molar-refractivity contribution in [3.05, 3.63) is 54.2 Å². The van der Waals surface area contributed by atoms with Crippen LogP contribution in [0.5, 0.6) is 5.75 Å². The number of ether oxygens (including phenoxy) is 1. The lowest BCUT2D eigenvalue weighted by Gasteiger charge is -2.42. The number of amides is 2. The van der Waals surface area contributed by atoms with Gasteiger partial charge < -0.3 is 25.2 Å². The lowest BCUT2D eigenvalue weighted by Crippen LogP contribution is -2.54. The molecular weight excluding hydrogens is 514 g/mol. The molecule has 2 aromatic heterocycles. The van der Waals surface area contributed by atoms with E-state index in [-0.39, 0.29) is 31.6 Å². The molecule has 1 aromatic carbocycles. The Balaban J connectivity index is 1.42. The molecule has 0 unspecified atom stereocenters. The second-order valence-corrected chi connectivity index (χ2v) is 10.1. The maximum Gasteiger partial charge on any atom is 0.416 e. The van der Waals surface area contributed by atoms with Gasteiger partial charge in [-0.2, -0.15) is 0 Å². The number of aliphatic hydroxyl groups is 1. The van der Waals surface area contributed by atoms with Crippen LogP contribution in [0.25, 0.3) is 11.0 Å². The number of fused-ring (bicyclic) bond motifs is 1. The first kappa shape index (κ1) is 26.5. The largest absolute Gasteiger partial charge is 0.497 e. The van der Waals surface area contributed by atoms with E-state index in [4.69, 9.17) is 4.74 Å². The minimum absolute atomic E-state index is 0.0237. The van der Waals surface area contributed by atoms with Gasteiger partial charge in [0.1, 0.15) is 17.6 Å². The van der Waals surface area contributed by atoms with Crippen molar-refractivity contribution in [1.82, 2.24) is 14.5 Å². The van der Waals surface area contributed by atoms with Crippen molar-refractivity contribution in [2.45, 2.75) is 55.6 Å². The Morgan fingerprint density at radius 3 is 2.38 bits per heavy atom. The summed E-state index contributed by atoms with van der Waals surface area (Å²) in [5, 5.41) is 22.4. The molecule has 12 heteroatoms. The Labute approximate surface area is 222 Å². The van der Waals surface area contributed by atoms with Gasteiger partial charge in [-0.15, -0.1) is 0 Å². The highest BCUT2D eigenvalue weighted by atomic mass is 19.3. The van der Waals surface area contributed by atoms with Crippen LogP contribution in [0.4, 0.5) is 19.4 Å². The summed E-state index contributed by atoms with van der Waals surface area (Å²) in [7, 11) is 1.50. The lowest BCUT2D eigenvalue weighted by molar-refractivity contribution is -0.146. The van der Waals surface area contributed by atoms with Crippen LogP contribution in [0.2, 0.25) is 0 Å². The maximum absolute atomic E-state index is 14.2. The summed E-state index contributed by atoms with van der Waals surface area (Å²) in [5.41, 5.74) is -0.0484. The fourth-order valence-corrected chi connectivity index (χ4v) is 5.61. The van der Waals surface area contributed by atoms with Crippen molar-refractivity contribution in [3.8, 4) is 5.75 Å². The summed E-state index contributed by atoms with van der Waals surface area (Å²) >= 11 is 0. The second kappa shape index (κ2) is 9.92. The molecule has 10 nitrogen and oxygen atoms in total. The van der Waals surface area contributed by atoms with Gasteiger partial charge in [-0.05, 0) is 48.7 Å². The van der Waals surface area contributed by atoms with E-state index in [1.54, 1.807) is 24.3 Å². The van der Waals surface area contributed by atoms with Crippen LogP contribution in [0.1, 0.15) is 37.7 Å². The van der Waals surface area contributed by atoms with Gasteiger partial charge in [0, 0.05) is 32.0 Å². The SMILES string of the molecule is COc1ccc(C2(C(=O)N3C[C@@H](O)C[C@@H]3C(=O)Nc3ccc4c(ccn4C(=O)O)n3)CCC(F)(F)CC2)cc1. The normalized spacial score (nSPS) is 22.0. The zero-order valence-electron chi connectivity index (χ0n) is 21.1. The number of aromatic nitrogens is 2. The monoisotopic (exact) mass is 542 g/mol. The van der Waals surface area contributed by atoms with E-state index < -0.39 is 54.2 Å². The van der Waals surface area contributed by atoms with Gasteiger partial charge in [0.15, 0.2) is 0 Å². The Morgan fingerprint density at radius 2 is 1.74 bits per heavy atom. The number of carbonyl (C=O) groups excluding carboxylic acids is 2. The Kier molecular flexibility index (Phi) is 6.75. The topological polar surface area (TPSA) is 134 Å². The molecule has 2 aliphatic rings. The zero-order chi connectivity index (χ0) is 27.9. The predicted molar refractivity (Wildman–Crippen MR) is 136 cm³/mol. The van der Waals surface area contributed by atoms with Crippen molar-refractivity contribution in [2.75, 3.05) is 19.0 Å². The molecule has 1 saturated carbocycles. The summed E-state index contributed by atoms with van der Waals surface area (Å²) in [4.78, 5) is 44.4. The average molecular weight is 543 g/mol. The van der Waals surface area contributed by atoms with Gasteiger partial charge in [-0.3, -0.25) is 14.2 Å². The van der Waals surface area contributed by atoms with E-state index in [0.717, 1.165) is 4.57 Å². The number of methoxy groups -OCH3 is 1. The van der Waals surface area contributed by atoms with Crippen molar-refractivity contribution >= 4 is 34.8 Å². The number of nitrogens with one attached hydrogen (secondary N) is 1. The first-order chi connectivity index (χ1) is 18.5. The van der Waals surface area contributed by atoms with Crippen molar-refractivity contribution in [1.29, 1.82) is 0 Å². The molecular formula is C27H28F2N4O6. The summed E-state index contributed by atoms with van der Waals surface area (Å²) in [5.74, 6) is -3.26. The van der Waals surface area contributed by atoms with Crippen LogP contribution in [0, 0.1) is 0 Å². The van der Waals surface area contributed by atoms with Crippen LogP contribution in [0.15, 0.2) is 48.7 Å². The van der Waals surface area contributed by atoms with Crippen LogP contribution in [-0.2, 0) is 15.0 Å². The van der Waals surface area contributed by atoms with E-state index >= 15 is 0 Å². The molecule has 2 amide bonds. The van der Waals surface area contributed by atoms with Crippen LogP contribution >= 0.6 is 0 Å². The molecule has 2 fully saturated rings. The number of alkyl halides is 2. The van der Waals surface area contributed by atoms with E-state index in [0.29, 0.717) is 22.3 Å². The number of β-amino-alcohol motifs (C(OH)–C–C–N with tert-alkyl or cyclic N) is 1. The highest BCUT2D eigenvalue weighted by molar-refractivity contribution is 6.00. The Bertz CT molecular complexity index is 1410. The molecule has 1 aliphatic heterocycles. The first-order valence-electron chi connectivity index (χ1n) is 12.6. The average Bonchev–Trinajstić information content (AvgIpc) is 3.52. The highest BCUT2D eigenvalue weighted by Crippen LogP contribution is 2.47. The molecule has 2 atom stereocenters. The minimum Gasteiger partial charge on any atom is -0.497 e. The fourth-order valence-electron chi connectivity index (χ4n) is 5.61. The molecule has 1 aliphatic carbocycles. The highest BCUT2D eigenvalue weighted by Gasteiger charge is 2.53. The summed E-state index contributed by atoms with van der Waals surface area (Å²) < 4.78 is 34.6. The number of pyridine rings is 1. The molecule has 206 valence electrons. The third-order valence-corrected chi connectivity index (χ3v) is 7.73.